The molecule has 0 aromatic heterocycles. The number of hydrogen-bond acceptors (Lipinski definition) is 4. The summed E-state index contributed by atoms with van der Waals surface area (Å²) >= 11 is 3.48. The molecular formula is C35H36BrN3O4S. The molecule has 0 bridgehead atoms. The Bertz CT molecular complexity index is 1750. The van der Waals surface area contributed by atoms with Crippen LogP contribution in [0.15, 0.2) is 100 Å². The van der Waals surface area contributed by atoms with Crippen LogP contribution < -0.4 is 9.62 Å². The second kappa shape index (κ2) is 13.1. The van der Waals surface area contributed by atoms with Gasteiger partial charge in [0.15, 0.2) is 0 Å². The highest BCUT2D eigenvalue weighted by molar-refractivity contribution is 9.10. The van der Waals surface area contributed by atoms with Gasteiger partial charge in [-0.1, -0.05) is 95.5 Å². The van der Waals surface area contributed by atoms with Crippen LogP contribution in [0.5, 0.6) is 0 Å². The van der Waals surface area contributed by atoms with Gasteiger partial charge in [-0.3, -0.25) is 13.9 Å². The van der Waals surface area contributed by atoms with E-state index in [-0.39, 0.29) is 37.4 Å². The topological polar surface area (TPSA) is 86.8 Å². The Balaban J connectivity index is 1.25. The molecule has 1 aliphatic carbocycles. The predicted octanol–water partition coefficient (Wildman–Crippen LogP) is 6.59. The molecule has 4 aromatic carbocycles. The number of hydrogen-bond donors (Lipinski definition) is 1. The lowest BCUT2D eigenvalue weighted by molar-refractivity contribution is -0.141. The van der Waals surface area contributed by atoms with Crippen LogP contribution in [0, 0.1) is 0 Å². The third-order valence-corrected chi connectivity index (χ3v) is 11.1. The Kier molecular flexibility index (Phi) is 9.05. The summed E-state index contributed by atoms with van der Waals surface area (Å²) in [6, 6.07) is 27.9. The van der Waals surface area contributed by atoms with Crippen LogP contribution in [0.3, 0.4) is 0 Å². The molecule has 0 spiro atoms. The molecule has 7 nitrogen and oxygen atoms in total. The molecule has 6 rings (SSSR count). The highest BCUT2D eigenvalue weighted by Gasteiger charge is 2.36. The van der Waals surface area contributed by atoms with E-state index < -0.39 is 16.1 Å². The van der Waals surface area contributed by atoms with E-state index in [0.29, 0.717) is 23.4 Å². The molecule has 44 heavy (non-hydrogen) atoms. The molecule has 1 unspecified atom stereocenters. The molecule has 228 valence electrons. The number of benzene rings is 4. The van der Waals surface area contributed by atoms with Crippen molar-refractivity contribution < 1.29 is 18.0 Å². The van der Waals surface area contributed by atoms with E-state index in [9.17, 15) is 18.0 Å². The van der Waals surface area contributed by atoms with Crippen LogP contribution >= 0.6 is 15.9 Å². The highest BCUT2D eigenvalue weighted by atomic mass is 79.9. The van der Waals surface area contributed by atoms with E-state index in [0.717, 1.165) is 52.1 Å². The molecule has 0 radical (unpaired) electrons. The van der Waals surface area contributed by atoms with Gasteiger partial charge in [-0.25, -0.2) is 8.42 Å². The van der Waals surface area contributed by atoms with Crippen LogP contribution in [0.4, 0.5) is 5.69 Å². The first-order valence-electron chi connectivity index (χ1n) is 15.2. The Morgan fingerprint density at radius 1 is 0.886 bits per heavy atom. The van der Waals surface area contributed by atoms with E-state index >= 15 is 0 Å². The summed E-state index contributed by atoms with van der Waals surface area (Å²) in [5.41, 5.74) is 2.54. The van der Waals surface area contributed by atoms with Gasteiger partial charge in [0.25, 0.3) is 10.0 Å². The number of nitrogens with one attached hydrogen (secondary N) is 1. The maximum atomic E-state index is 14.1. The molecule has 9 heteroatoms. The molecular weight excluding hydrogens is 638 g/mol. The van der Waals surface area contributed by atoms with Crippen molar-refractivity contribution in [2.24, 2.45) is 0 Å². The van der Waals surface area contributed by atoms with Crippen molar-refractivity contribution in [1.82, 2.24) is 10.2 Å². The second-order valence-electron chi connectivity index (χ2n) is 11.7. The predicted molar refractivity (Wildman–Crippen MR) is 177 cm³/mol. The number of halogens is 1. The number of sulfonamides is 1. The van der Waals surface area contributed by atoms with Crippen LogP contribution in [-0.4, -0.2) is 43.8 Å². The van der Waals surface area contributed by atoms with E-state index in [2.05, 4.69) is 21.2 Å². The molecule has 1 N–H and O–H groups in total. The van der Waals surface area contributed by atoms with Gasteiger partial charge in [-0.2, -0.15) is 0 Å². The van der Waals surface area contributed by atoms with E-state index in [1.807, 2.05) is 78.9 Å². The van der Waals surface area contributed by atoms with Crippen molar-refractivity contribution in [3.05, 3.63) is 107 Å². The summed E-state index contributed by atoms with van der Waals surface area (Å²) in [6.45, 7) is 0.445. The maximum absolute atomic E-state index is 14.1. The van der Waals surface area contributed by atoms with Crippen LogP contribution in [-0.2, 0) is 32.6 Å². The van der Waals surface area contributed by atoms with Crippen molar-refractivity contribution >= 4 is 54.2 Å². The van der Waals surface area contributed by atoms with E-state index in [4.69, 9.17) is 0 Å². The SMILES string of the molecule is O=C(NC1CCCC1)C(Cc1ccccc1)N(Cc1ccc(Br)cc1)C(=O)CCCN1c2cccc3cccc(c23)S1(=O)=O. The van der Waals surface area contributed by atoms with Gasteiger partial charge < -0.3 is 10.2 Å². The van der Waals surface area contributed by atoms with Crippen molar-refractivity contribution in [2.75, 3.05) is 10.8 Å². The molecule has 1 atom stereocenters. The Morgan fingerprint density at radius 3 is 2.32 bits per heavy atom. The van der Waals surface area contributed by atoms with Crippen LogP contribution in [0.1, 0.15) is 49.7 Å². The lowest BCUT2D eigenvalue weighted by Gasteiger charge is -2.32. The van der Waals surface area contributed by atoms with Gasteiger partial charge >= 0.3 is 0 Å². The third-order valence-electron chi connectivity index (χ3n) is 8.67. The maximum Gasteiger partial charge on any atom is 0.265 e. The number of amides is 2. The Labute approximate surface area is 267 Å². The highest BCUT2D eigenvalue weighted by Crippen LogP contribution is 2.42. The average molecular weight is 675 g/mol. The molecule has 1 aliphatic heterocycles. The van der Waals surface area contributed by atoms with Gasteiger partial charge in [-0.05, 0) is 60.0 Å². The third kappa shape index (κ3) is 6.40. The zero-order chi connectivity index (χ0) is 30.7. The van der Waals surface area contributed by atoms with Gasteiger partial charge in [0.1, 0.15) is 6.04 Å². The average Bonchev–Trinajstić information content (AvgIpc) is 3.61. The first-order chi connectivity index (χ1) is 21.3. The standard InChI is InChI=1S/C35H36BrN3O4S/c36-28-20-18-26(19-21-28)24-38(31(23-25-9-2-1-3-10-25)35(41)37-29-13-4-5-14-29)33(40)17-8-22-39-30-15-6-11-27-12-7-16-32(34(27)30)44(39,42)43/h1-3,6-7,9-12,15-16,18-21,29,31H,4-5,8,13-14,17,22-24H2,(H,37,41). The first kappa shape index (κ1) is 30.3. The number of carbonyl (C=O) groups excluding carboxylic acids is 2. The molecule has 2 amide bonds. The van der Waals surface area contributed by atoms with Gasteiger partial charge in [-0.15, -0.1) is 0 Å². The van der Waals surface area contributed by atoms with E-state index in [1.54, 1.807) is 17.0 Å². The number of anilines is 1. The molecule has 1 heterocycles. The summed E-state index contributed by atoms with van der Waals surface area (Å²) in [5, 5.41) is 4.84. The number of carbonyl (C=O) groups is 2. The summed E-state index contributed by atoms with van der Waals surface area (Å²) in [5.74, 6) is -0.321. The summed E-state index contributed by atoms with van der Waals surface area (Å²) in [4.78, 5) is 30.0. The van der Waals surface area contributed by atoms with Crippen molar-refractivity contribution in [2.45, 2.75) is 68.5 Å². The van der Waals surface area contributed by atoms with Crippen molar-refractivity contribution in [3.8, 4) is 0 Å². The minimum atomic E-state index is -3.71. The van der Waals surface area contributed by atoms with Crippen LogP contribution in [0.25, 0.3) is 10.8 Å². The normalized spacial score (nSPS) is 16.2. The molecule has 0 saturated heterocycles. The lowest BCUT2D eigenvalue weighted by atomic mass is 10.0. The Hall–Kier alpha value is -3.69. The minimum Gasteiger partial charge on any atom is -0.352 e. The molecule has 1 saturated carbocycles. The van der Waals surface area contributed by atoms with Gasteiger partial charge in [0.05, 0.1) is 10.6 Å². The van der Waals surface area contributed by atoms with Crippen molar-refractivity contribution in [3.63, 3.8) is 0 Å². The quantitative estimate of drug-likeness (QED) is 0.195. The van der Waals surface area contributed by atoms with Gasteiger partial charge in [0.2, 0.25) is 11.8 Å². The molecule has 1 fully saturated rings. The second-order valence-corrected chi connectivity index (χ2v) is 14.4. The van der Waals surface area contributed by atoms with Crippen LogP contribution in [0.2, 0.25) is 0 Å². The lowest BCUT2D eigenvalue weighted by Crippen LogP contribution is -2.52. The number of rotatable bonds is 11. The fourth-order valence-electron chi connectivity index (χ4n) is 6.42. The molecule has 2 aliphatic rings. The summed E-state index contributed by atoms with van der Waals surface area (Å²) in [6.07, 6.45) is 4.89. The van der Waals surface area contributed by atoms with Gasteiger partial charge in [0, 0.05) is 41.8 Å². The monoisotopic (exact) mass is 673 g/mol. The largest absolute Gasteiger partial charge is 0.352 e. The summed E-state index contributed by atoms with van der Waals surface area (Å²) < 4.78 is 29.3. The number of nitrogens with zero attached hydrogens (tertiary/aromatic N) is 2. The fourth-order valence-corrected chi connectivity index (χ4v) is 8.44. The van der Waals surface area contributed by atoms with E-state index in [1.165, 1.54) is 4.31 Å². The summed E-state index contributed by atoms with van der Waals surface area (Å²) in [7, 11) is -3.71. The van der Waals surface area contributed by atoms with Crippen molar-refractivity contribution in [1.29, 1.82) is 0 Å². The minimum absolute atomic E-state index is 0.108. The Morgan fingerprint density at radius 2 is 1.59 bits per heavy atom. The zero-order valence-electron chi connectivity index (χ0n) is 24.5. The smallest absolute Gasteiger partial charge is 0.265 e. The fraction of sp³-hybridized carbons (Fsp3) is 0.314. The zero-order valence-corrected chi connectivity index (χ0v) is 26.9. The molecule has 4 aromatic rings. The first-order valence-corrected chi connectivity index (χ1v) is 17.5.